The van der Waals surface area contributed by atoms with Crippen molar-refractivity contribution in [3.8, 4) is 23.2 Å². The van der Waals surface area contributed by atoms with E-state index < -0.39 is 0 Å². The monoisotopic (exact) mass is 530 g/mol. The lowest BCUT2D eigenvalue weighted by Gasteiger charge is -2.12. The molecule has 6 nitrogen and oxygen atoms in total. The second-order valence-electron chi connectivity index (χ2n) is 11.3. The van der Waals surface area contributed by atoms with Crippen molar-refractivity contribution in [3.05, 3.63) is 89.7 Å². The van der Waals surface area contributed by atoms with Gasteiger partial charge in [-0.15, -0.1) is 0 Å². The molecule has 0 amide bonds. The molecule has 0 unspecified atom stereocenters. The van der Waals surface area contributed by atoms with Gasteiger partial charge >= 0.3 is 0 Å². The van der Waals surface area contributed by atoms with Crippen LogP contribution >= 0.6 is 0 Å². The normalized spacial score (nSPS) is 12.0. The number of rotatable bonds is 6. The lowest BCUT2D eigenvalue weighted by atomic mass is 9.97. The number of aromatic hydroxyl groups is 1. The number of hydrogen-bond acceptors (Lipinski definition) is 5. The van der Waals surface area contributed by atoms with E-state index in [1.165, 1.54) is 16.5 Å². The van der Waals surface area contributed by atoms with E-state index in [9.17, 15) is 5.11 Å². The molecular weight excluding hydrogens is 496 g/mol. The van der Waals surface area contributed by atoms with Crippen LogP contribution in [-0.4, -0.2) is 24.6 Å². The molecule has 0 bridgehead atoms. The van der Waals surface area contributed by atoms with Gasteiger partial charge in [0.25, 0.3) is 0 Å². The molecule has 202 valence electrons. The molecule has 6 rings (SSSR count). The summed E-state index contributed by atoms with van der Waals surface area (Å²) in [6.45, 7) is 13.0. The van der Waals surface area contributed by atoms with Gasteiger partial charge < -0.3 is 9.84 Å². The van der Waals surface area contributed by atoms with E-state index in [0.717, 1.165) is 27.8 Å². The number of nitrogens with zero attached hydrogens (tertiary/aromatic N) is 4. The van der Waals surface area contributed by atoms with Crippen molar-refractivity contribution in [1.82, 2.24) is 19.5 Å². The van der Waals surface area contributed by atoms with Gasteiger partial charge in [0.05, 0.1) is 22.7 Å². The number of aromatic nitrogens is 4. The van der Waals surface area contributed by atoms with Gasteiger partial charge in [0, 0.05) is 23.0 Å². The molecule has 0 fully saturated rings. The van der Waals surface area contributed by atoms with E-state index in [4.69, 9.17) is 9.72 Å². The van der Waals surface area contributed by atoms with E-state index in [0.29, 0.717) is 34.5 Å². The summed E-state index contributed by atoms with van der Waals surface area (Å²) >= 11 is 0. The summed E-state index contributed by atoms with van der Waals surface area (Å²) in [5, 5.41) is 12.9. The second kappa shape index (κ2) is 9.94. The van der Waals surface area contributed by atoms with Gasteiger partial charge in [-0.05, 0) is 70.8 Å². The molecule has 3 aromatic carbocycles. The van der Waals surface area contributed by atoms with Crippen molar-refractivity contribution in [3.63, 3.8) is 0 Å². The van der Waals surface area contributed by atoms with Crippen LogP contribution in [0.1, 0.15) is 76.0 Å². The summed E-state index contributed by atoms with van der Waals surface area (Å²) in [7, 11) is 0. The van der Waals surface area contributed by atoms with Gasteiger partial charge in [-0.2, -0.15) is 0 Å². The van der Waals surface area contributed by atoms with Crippen LogP contribution in [0.4, 0.5) is 0 Å². The SMILES string of the molecule is CC(C)c1ccnc(-n2c3cc(Oc4cnc5c(C(C)C)ccc(O)c5n4)ccc3c3c(C(C)C)cccc32)c1. The summed E-state index contributed by atoms with van der Waals surface area (Å²) < 4.78 is 8.48. The quantitative estimate of drug-likeness (QED) is 0.233. The molecule has 3 heterocycles. The molecule has 0 atom stereocenters. The van der Waals surface area contributed by atoms with Crippen molar-refractivity contribution in [2.45, 2.75) is 59.3 Å². The Morgan fingerprint density at radius 2 is 1.55 bits per heavy atom. The molecule has 0 aliphatic heterocycles. The first-order valence-corrected chi connectivity index (χ1v) is 13.9. The Kier molecular flexibility index (Phi) is 6.41. The Morgan fingerprint density at radius 1 is 0.750 bits per heavy atom. The molecule has 6 aromatic rings. The first-order chi connectivity index (χ1) is 19.2. The van der Waals surface area contributed by atoms with E-state index in [1.807, 2.05) is 24.4 Å². The molecule has 6 heteroatoms. The van der Waals surface area contributed by atoms with E-state index in [2.05, 4.69) is 92.5 Å². The number of ether oxygens (including phenoxy) is 1. The van der Waals surface area contributed by atoms with Crippen LogP contribution < -0.4 is 4.74 Å². The van der Waals surface area contributed by atoms with E-state index in [1.54, 1.807) is 12.3 Å². The fourth-order valence-electron chi connectivity index (χ4n) is 5.51. The van der Waals surface area contributed by atoms with Crippen molar-refractivity contribution in [1.29, 1.82) is 0 Å². The predicted molar refractivity (Wildman–Crippen MR) is 162 cm³/mol. The predicted octanol–water partition coefficient (Wildman–Crippen LogP) is 8.99. The van der Waals surface area contributed by atoms with Crippen LogP contribution in [0.5, 0.6) is 17.4 Å². The Hall–Kier alpha value is -4.45. The number of fused-ring (bicyclic) bond motifs is 4. The number of hydrogen-bond donors (Lipinski definition) is 1. The van der Waals surface area contributed by atoms with Crippen LogP contribution in [0.2, 0.25) is 0 Å². The highest BCUT2D eigenvalue weighted by Gasteiger charge is 2.19. The van der Waals surface area contributed by atoms with Gasteiger partial charge in [0.2, 0.25) is 5.88 Å². The molecule has 0 aliphatic carbocycles. The van der Waals surface area contributed by atoms with Crippen molar-refractivity contribution >= 4 is 32.8 Å². The van der Waals surface area contributed by atoms with E-state index >= 15 is 0 Å². The topological polar surface area (TPSA) is 73.1 Å². The minimum Gasteiger partial charge on any atom is -0.506 e. The zero-order valence-corrected chi connectivity index (χ0v) is 23.8. The Balaban J connectivity index is 1.53. The Bertz CT molecular complexity index is 1890. The fraction of sp³-hybridized carbons (Fsp3) is 0.265. The third-order valence-electron chi connectivity index (χ3n) is 7.61. The third-order valence-corrected chi connectivity index (χ3v) is 7.61. The van der Waals surface area contributed by atoms with Gasteiger partial charge in [-0.1, -0.05) is 59.7 Å². The number of benzene rings is 3. The highest BCUT2D eigenvalue weighted by atomic mass is 16.5. The molecular formula is C34H34N4O2. The second-order valence-corrected chi connectivity index (χ2v) is 11.3. The van der Waals surface area contributed by atoms with Crippen LogP contribution in [0.15, 0.2) is 73.1 Å². The maximum atomic E-state index is 10.5. The fourth-order valence-corrected chi connectivity index (χ4v) is 5.51. The number of phenolic OH excluding ortho intramolecular Hbond substituents is 1. The van der Waals surface area contributed by atoms with Gasteiger partial charge in [0.15, 0.2) is 0 Å². The molecule has 0 radical (unpaired) electrons. The Labute approximate surface area is 234 Å². The summed E-state index contributed by atoms with van der Waals surface area (Å²) in [5.74, 6) is 2.94. The van der Waals surface area contributed by atoms with Crippen LogP contribution in [0.25, 0.3) is 38.7 Å². The average molecular weight is 531 g/mol. The zero-order chi connectivity index (χ0) is 28.1. The van der Waals surface area contributed by atoms with Crippen LogP contribution in [-0.2, 0) is 0 Å². The molecule has 3 aromatic heterocycles. The molecule has 0 spiro atoms. The third kappa shape index (κ3) is 4.34. The lowest BCUT2D eigenvalue weighted by molar-refractivity contribution is 0.458. The van der Waals surface area contributed by atoms with Crippen molar-refractivity contribution < 1.29 is 9.84 Å². The largest absolute Gasteiger partial charge is 0.506 e. The van der Waals surface area contributed by atoms with E-state index in [-0.39, 0.29) is 11.7 Å². The first-order valence-electron chi connectivity index (χ1n) is 13.9. The van der Waals surface area contributed by atoms with Gasteiger partial charge in [-0.25, -0.2) is 15.0 Å². The number of pyridine rings is 1. The van der Waals surface area contributed by atoms with Crippen LogP contribution in [0.3, 0.4) is 0 Å². The maximum absolute atomic E-state index is 10.5. The van der Waals surface area contributed by atoms with Crippen molar-refractivity contribution in [2.75, 3.05) is 0 Å². The highest BCUT2D eigenvalue weighted by molar-refractivity contribution is 6.11. The molecule has 0 aliphatic rings. The molecule has 40 heavy (non-hydrogen) atoms. The first kappa shape index (κ1) is 25.8. The highest BCUT2D eigenvalue weighted by Crippen LogP contribution is 2.39. The van der Waals surface area contributed by atoms with Gasteiger partial charge in [-0.3, -0.25) is 4.57 Å². The van der Waals surface area contributed by atoms with Crippen LogP contribution in [0, 0.1) is 0 Å². The maximum Gasteiger partial charge on any atom is 0.238 e. The van der Waals surface area contributed by atoms with Gasteiger partial charge in [0.1, 0.15) is 22.8 Å². The van der Waals surface area contributed by atoms with Crippen molar-refractivity contribution in [2.24, 2.45) is 0 Å². The Morgan fingerprint density at radius 3 is 2.30 bits per heavy atom. The average Bonchev–Trinajstić information content (AvgIpc) is 3.27. The summed E-state index contributed by atoms with van der Waals surface area (Å²) in [4.78, 5) is 14.0. The summed E-state index contributed by atoms with van der Waals surface area (Å²) in [6.07, 6.45) is 3.51. The zero-order valence-electron chi connectivity index (χ0n) is 23.8. The molecule has 0 saturated heterocycles. The molecule has 0 saturated carbocycles. The minimum absolute atomic E-state index is 0.0882. The summed E-state index contributed by atoms with van der Waals surface area (Å²) in [5.41, 5.74) is 6.82. The lowest BCUT2D eigenvalue weighted by Crippen LogP contribution is -2.00. The summed E-state index contributed by atoms with van der Waals surface area (Å²) in [6, 6.07) is 20.4. The number of phenols is 1. The minimum atomic E-state index is 0.0882. The molecule has 1 N–H and O–H groups in total. The smallest absolute Gasteiger partial charge is 0.238 e. The standard InChI is InChI=1S/C34H34N4O2/c1-19(2)22-14-15-35-30(16-22)38-27-9-7-8-24(20(3)4)32(27)26-11-10-23(17-28(26)38)40-31-18-36-33-25(21(5)6)12-13-29(39)34(33)37-31/h7-21,39H,1-6H3.